The minimum atomic E-state index is 1.15. The highest BCUT2D eigenvalue weighted by Crippen LogP contribution is 2.36. The van der Waals surface area contributed by atoms with Crippen molar-refractivity contribution in [2.24, 2.45) is 0 Å². The van der Waals surface area contributed by atoms with E-state index in [1.165, 1.54) is 45.0 Å². The van der Waals surface area contributed by atoms with E-state index in [1.807, 2.05) is 0 Å². The van der Waals surface area contributed by atoms with E-state index in [0.29, 0.717) is 0 Å². The third-order valence-corrected chi connectivity index (χ3v) is 4.84. The van der Waals surface area contributed by atoms with Crippen molar-refractivity contribution in [1.82, 2.24) is 0 Å². The van der Waals surface area contributed by atoms with Crippen LogP contribution in [0, 0.1) is 0 Å². The van der Waals surface area contributed by atoms with Gasteiger partial charge in [-0.05, 0) is 63.9 Å². The van der Waals surface area contributed by atoms with Gasteiger partial charge in [0.15, 0.2) is 0 Å². The van der Waals surface area contributed by atoms with Crippen LogP contribution < -0.4 is 0 Å². The van der Waals surface area contributed by atoms with E-state index in [9.17, 15) is 0 Å². The molecule has 0 aliphatic heterocycles. The molecule has 4 rings (SSSR count). The summed E-state index contributed by atoms with van der Waals surface area (Å²) >= 11 is 0. The Morgan fingerprint density at radius 2 is 1.70 bits per heavy atom. The van der Waals surface area contributed by atoms with Crippen molar-refractivity contribution in [2.45, 2.75) is 32.6 Å². The maximum absolute atomic E-state index is 2.41. The van der Waals surface area contributed by atoms with Crippen molar-refractivity contribution in [3.05, 3.63) is 77.4 Å². The van der Waals surface area contributed by atoms with Crippen molar-refractivity contribution < 1.29 is 0 Å². The predicted molar refractivity (Wildman–Crippen MR) is 101 cm³/mol. The Balaban J connectivity index is 1.91. The van der Waals surface area contributed by atoms with E-state index in [2.05, 4.69) is 73.7 Å². The largest absolute Gasteiger partial charge is 0.0836 e. The van der Waals surface area contributed by atoms with Crippen LogP contribution in [0.4, 0.5) is 0 Å². The van der Waals surface area contributed by atoms with E-state index in [-0.39, 0.29) is 0 Å². The van der Waals surface area contributed by atoms with Gasteiger partial charge in [0.25, 0.3) is 0 Å². The molecule has 0 saturated carbocycles. The summed E-state index contributed by atoms with van der Waals surface area (Å²) in [4.78, 5) is 0. The summed E-state index contributed by atoms with van der Waals surface area (Å²) in [6.45, 7) is 2.23. The highest BCUT2D eigenvalue weighted by molar-refractivity contribution is 6.02. The molecule has 114 valence electrons. The summed E-state index contributed by atoms with van der Waals surface area (Å²) in [5, 5.41) is 2.75. The molecule has 23 heavy (non-hydrogen) atoms. The van der Waals surface area contributed by atoms with Gasteiger partial charge in [-0.1, -0.05) is 74.0 Å². The van der Waals surface area contributed by atoms with Crippen molar-refractivity contribution in [2.75, 3.05) is 0 Å². The standard InChI is InChI=1S/C23H22/c1-2-7-17-12-14-18(15-13-17)23-16-19-8-3-4-9-20(19)21-10-5-6-11-22(21)23/h4-6,9-16H,2-3,7-8H2,1H3. The van der Waals surface area contributed by atoms with Crippen molar-refractivity contribution in [3.8, 4) is 11.1 Å². The van der Waals surface area contributed by atoms with Gasteiger partial charge in [-0.25, -0.2) is 0 Å². The first kappa shape index (κ1) is 14.3. The second-order valence-corrected chi connectivity index (χ2v) is 6.43. The molecule has 0 fully saturated rings. The van der Waals surface area contributed by atoms with Crippen LogP contribution in [-0.4, -0.2) is 0 Å². The molecule has 0 atom stereocenters. The maximum atomic E-state index is 2.41. The third-order valence-electron chi connectivity index (χ3n) is 4.84. The minimum Gasteiger partial charge on any atom is -0.0836 e. The smallest absolute Gasteiger partial charge is 0.00992 e. The molecule has 1 aliphatic rings. The van der Waals surface area contributed by atoms with Crippen LogP contribution in [0.5, 0.6) is 0 Å². The Kier molecular flexibility index (Phi) is 3.75. The highest BCUT2D eigenvalue weighted by atomic mass is 14.2. The maximum Gasteiger partial charge on any atom is -0.00992 e. The van der Waals surface area contributed by atoms with Crippen LogP contribution in [0.25, 0.3) is 28.0 Å². The zero-order valence-electron chi connectivity index (χ0n) is 13.7. The molecule has 0 N–H and O–H groups in total. The number of hydrogen-bond acceptors (Lipinski definition) is 0. The fraction of sp³-hybridized carbons (Fsp3) is 0.217. The van der Waals surface area contributed by atoms with Crippen molar-refractivity contribution in [3.63, 3.8) is 0 Å². The topological polar surface area (TPSA) is 0 Å². The van der Waals surface area contributed by atoms with E-state index in [4.69, 9.17) is 0 Å². The molecule has 0 nitrogen and oxygen atoms in total. The molecule has 0 saturated heterocycles. The van der Waals surface area contributed by atoms with Gasteiger partial charge in [-0.2, -0.15) is 0 Å². The second-order valence-electron chi connectivity index (χ2n) is 6.43. The second kappa shape index (κ2) is 6.04. The molecule has 0 amide bonds. The number of benzene rings is 3. The van der Waals surface area contributed by atoms with Gasteiger partial charge in [-0.3, -0.25) is 0 Å². The Morgan fingerprint density at radius 3 is 2.48 bits per heavy atom. The lowest BCUT2D eigenvalue weighted by atomic mass is 9.87. The van der Waals surface area contributed by atoms with Crippen molar-refractivity contribution in [1.29, 1.82) is 0 Å². The predicted octanol–water partition coefficient (Wildman–Crippen LogP) is 6.42. The third kappa shape index (κ3) is 2.59. The quantitative estimate of drug-likeness (QED) is 0.523. The normalized spacial score (nSPS) is 13.3. The molecule has 3 aromatic carbocycles. The van der Waals surface area contributed by atoms with Crippen LogP contribution in [0.15, 0.2) is 60.7 Å². The average molecular weight is 298 g/mol. The van der Waals surface area contributed by atoms with E-state index < -0.39 is 0 Å². The molecule has 0 heteroatoms. The van der Waals surface area contributed by atoms with Gasteiger partial charge in [0.05, 0.1) is 0 Å². The first-order valence-corrected chi connectivity index (χ1v) is 8.67. The highest BCUT2D eigenvalue weighted by Gasteiger charge is 2.13. The fourth-order valence-electron chi connectivity index (χ4n) is 3.68. The zero-order valence-corrected chi connectivity index (χ0v) is 13.7. The molecule has 3 aromatic rings. The van der Waals surface area contributed by atoms with Gasteiger partial charge in [0, 0.05) is 0 Å². The number of hydrogen-bond donors (Lipinski definition) is 0. The molecule has 0 unspecified atom stereocenters. The molecule has 0 heterocycles. The van der Waals surface area contributed by atoms with E-state index in [0.717, 1.165) is 19.3 Å². The lowest BCUT2D eigenvalue weighted by Gasteiger charge is -2.17. The summed E-state index contributed by atoms with van der Waals surface area (Å²) in [6, 6.07) is 20.4. The van der Waals surface area contributed by atoms with Crippen LogP contribution in [0.3, 0.4) is 0 Å². The lowest BCUT2D eigenvalue weighted by molar-refractivity contribution is 0.922. The van der Waals surface area contributed by atoms with E-state index >= 15 is 0 Å². The Morgan fingerprint density at radius 1 is 0.913 bits per heavy atom. The van der Waals surface area contributed by atoms with Crippen molar-refractivity contribution >= 4 is 16.8 Å². The van der Waals surface area contributed by atoms with Gasteiger partial charge in [0.1, 0.15) is 0 Å². The van der Waals surface area contributed by atoms with E-state index in [1.54, 1.807) is 0 Å². The van der Waals surface area contributed by atoms with Crippen LogP contribution >= 0.6 is 0 Å². The SMILES string of the molecule is CCCc1ccc(-c2cc3c(c4ccccc24)C=CCC3)cc1. The molecule has 0 bridgehead atoms. The summed E-state index contributed by atoms with van der Waals surface area (Å²) in [7, 11) is 0. The minimum absolute atomic E-state index is 1.15. The molecule has 0 spiro atoms. The zero-order chi connectivity index (χ0) is 15.6. The average Bonchev–Trinajstić information content (AvgIpc) is 2.62. The number of rotatable bonds is 3. The summed E-state index contributed by atoms with van der Waals surface area (Å²) < 4.78 is 0. The number of aryl methyl sites for hydroxylation is 2. The summed E-state index contributed by atoms with van der Waals surface area (Å²) in [5.41, 5.74) is 7.04. The van der Waals surface area contributed by atoms with Crippen LogP contribution in [0.1, 0.15) is 36.5 Å². The fourth-order valence-corrected chi connectivity index (χ4v) is 3.68. The number of allylic oxidation sites excluding steroid dienone is 1. The Hall–Kier alpha value is -2.34. The molecule has 1 aliphatic carbocycles. The van der Waals surface area contributed by atoms with Gasteiger partial charge < -0.3 is 0 Å². The first-order chi connectivity index (χ1) is 11.4. The van der Waals surface area contributed by atoms with Gasteiger partial charge in [0.2, 0.25) is 0 Å². The monoisotopic (exact) mass is 298 g/mol. The summed E-state index contributed by atoms with van der Waals surface area (Å²) in [6.07, 6.45) is 9.27. The molecular weight excluding hydrogens is 276 g/mol. The lowest BCUT2D eigenvalue weighted by Crippen LogP contribution is -1.97. The van der Waals surface area contributed by atoms with Crippen LogP contribution in [-0.2, 0) is 12.8 Å². The number of fused-ring (bicyclic) bond motifs is 3. The Labute approximate surface area is 138 Å². The molecule has 0 aromatic heterocycles. The summed E-state index contributed by atoms with van der Waals surface area (Å²) in [5.74, 6) is 0. The van der Waals surface area contributed by atoms with Gasteiger partial charge >= 0.3 is 0 Å². The van der Waals surface area contributed by atoms with Gasteiger partial charge in [-0.15, -0.1) is 0 Å². The Bertz CT molecular complexity index is 866. The first-order valence-electron chi connectivity index (χ1n) is 8.67. The molecular formula is C23H22. The molecule has 0 radical (unpaired) electrons. The van der Waals surface area contributed by atoms with Crippen LogP contribution in [0.2, 0.25) is 0 Å².